The maximum absolute atomic E-state index is 13.6. The van der Waals surface area contributed by atoms with Gasteiger partial charge in [0.2, 0.25) is 0 Å². The molecule has 1 aliphatic heterocycles. The van der Waals surface area contributed by atoms with E-state index >= 15 is 0 Å². The number of aliphatic carboxylic acids is 1. The van der Waals surface area contributed by atoms with E-state index in [1.807, 2.05) is 24.3 Å². The van der Waals surface area contributed by atoms with E-state index in [1.54, 1.807) is 12.1 Å². The molecular formula is C26H28F2O5. The maximum atomic E-state index is 13.6. The summed E-state index contributed by atoms with van der Waals surface area (Å²) in [5, 5.41) is 8.68. The molecule has 0 amide bonds. The van der Waals surface area contributed by atoms with E-state index in [1.165, 1.54) is 24.3 Å². The standard InChI is InChI=1S/C26H28F2O5/c27-20-8-4-18(5-9-20)14-32-15-22-23(3-1-2-12-31-16-25(29)30)26(13-24(22)33-17-26)19-6-10-21(28)11-7-19/h1-2,4-11,22-24H,3,12-17H2,(H,29,30)/b2-1-. The second-order valence-electron chi connectivity index (χ2n) is 8.74. The van der Waals surface area contributed by atoms with Crippen LogP contribution < -0.4 is 0 Å². The van der Waals surface area contributed by atoms with Crippen molar-refractivity contribution < 1.29 is 32.9 Å². The van der Waals surface area contributed by atoms with Gasteiger partial charge >= 0.3 is 5.97 Å². The van der Waals surface area contributed by atoms with Crippen LogP contribution in [0.4, 0.5) is 8.78 Å². The van der Waals surface area contributed by atoms with Gasteiger partial charge < -0.3 is 19.3 Å². The second kappa shape index (κ2) is 10.5. The second-order valence-corrected chi connectivity index (χ2v) is 8.74. The molecule has 7 heteroatoms. The van der Waals surface area contributed by atoms with E-state index in [9.17, 15) is 13.6 Å². The lowest BCUT2D eigenvalue weighted by Gasteiger charge is -2.39. The fourth-order valence-corrected chi connectivity index (χ4v) is 5.17. The first-order valence-corrected chi connectivity index (χ1v) is 11.1. The molecule has 0 aromatic heterocycles. The van der Waals surface area contributed by atoms with E-state index in [0.717, 1.165) is 24.0 Å². The van der Waals surface area contributed by atoms with Gasteiger partial charge in [0.15, 0.2) is 0 Å². The van der Waals surface area contributed by atoms with Crippen LogP contribution in [0.1, 0.15) is 24.0 Å². The highest BCUT2D eigenvalue weighted by Crippen LogP contribution is 2.56. The average Bonchev–Trinajstić information content (AvgIpc) is 3.36. The van der Waals surface area contributed by atoms with Gasteiger partial charge in [-0.15, -0.1) is 0 Å². The fraction of sp³-hybridized carbons (Fsp3) is 0.423. The topological polar surface area (TPSA) is 65.0 Å². The molecule has 2 aromatic carbocycles. The lowest BCUT2D eigenvalue weighted by molar-refractivity contribution is -0.141. The molecule has 1 saturated carbocycles. The lowest BCUT2D eigenvalue weighted by Crippen LogP contribution is -2.41. The Morgan fingerprint density at radius 2 is 1.76 bits per heavy atom. The summed E-state index contributed by atoms with van der Waals surface area (Å²) in [6.45, 7) is 1.36. The molecule has 2 aromatic rings. The molecule has 4 unspecified atom stereocenters. The first kappa shape index (κ1) is 23.5. The minimum Gasteiger partial charge on any atom is -0.480 e. The summed E-state index contributed by atoms with van der Waals surface area (Å²) in [6, 6.07) is 12.9. The highest BCUT2D eigenvalue weighted by molar-refractivity contribution is 5.68. The highest BCUT2D eigenvalue weighted by atomic mass is 19.1. The number of carbonyl (C=O) groups is 1. The molecule has 4 atom stereocenters. The Kier molecular flexibility index (Phi) is 7.53. The Bertz CT molecular complexity index is 960. The monoisotopic (exact) mass is 458 g/mol. The van der Waals surface area contributed by atoms with Gasteiger partial charge in [-0.25, -0.2) is 13.6 Å². The summed E-state index contributed by atoms with van der Waals surface area (Å²) in [4.78, 5) is 10.6. The Hall–Kier alpha value is -2.61. The normalized spacial score (nSPS) is 26.3. The van der Waals surface area contributed by atoms with E-state index in [4.69, 9.17) is 19.3 Å². The van der Waals surface area contributed by atoms with Gasteiger partial charge in [0.25, 0.3) is 0 Å². The predicted molar refractivity (Wildman–Crippen MR) is 118 cm³/mol. The summed E-state index contributed by atoms with van der Waals surface area (Å²) in [5.41, 5.74) is 1.74. The van der Waals surface area contributed by atoms with Crippen LogP contribution >= 0.6 is 0 Å². The number of rotatable bonds is 11. The molecule has 1 heterocycles. The van der Waals surface area contributed by atoms with Crippen molar-refractivity contribution in [2.24, 2.45) is 11.8 Å². The van der Waals surface area contributed by atoms with Crippen LogP contribution in [-0.2, 0) is 31.0 Å². The zero-order chi connectivity index (χ0) is 23.3. The zero-order valence-electron chi connectivity index (χ0n) is 18.3. The number of carboxylic acid groups (broad SMARTS) is 1. The molecule has 33 heavy (non-hydrogen) atoms. The molecule has 1 N–H and O–H groups in total. The Labute approximate surface area is 192 Å². The molecule has 0 radical (unpaired) electrons. The van der Waals surface area contributed by atoms with Gasteiger partial charge in [-0.05, 0) is 54.2 Å². The molecular weight excluding hydrogens is 430 g/mol. The van der Waals surface area contributed by atoms with Crippen LogP contribution in [0.2, 0.25) is 0 Å². The van der Waals surface area contributed by atoms with Crippen LogP contribution in [0.3, 0.4) is 0 Å². The van der Waals surface area contributed by atoms with Crippen molar-refractivity contribution in [1.29, 1.82) is 0 Å². The minimum atomic E-state index is -0.998. The smallest absolute Gasteiger partial charge is 0.329 e. The third-order valence-corrected chi connectivity index (χ3v) is 6.73. The minimum absolute atomic E-state index is 0.0462. The van der Waals surface area contributed by atoms with Crippen LogP contribution in [0.15, 0.2) is 60.7 Å². The number of halogens is 2. The maximum Gasteiger partial charge on any atom is 0.329 e. The molecule has 1 aliphatic carbocycles. The van der Waals surface area contributed by atoms with Crippen LogP contribution in [-0.4, -0.2) is 43.6 Å². The summed E-state index contributed by atoms with van der Waals surface area (Å²) in [7, 11) is 0. The highest BCUT2D eigenvalue weighted by Gasteiger charge is 2.59. The first-order chi connectivity index (χ1) is 16.0. The van der Waals surface area contributed by atoms with Crippen LogP contribution in [0.25, 0.3) is 0 Å². The number of hydrogen-bond acceptors (Lipinski definition) is 4. The first-order valence-electron chi connectivity index (χ1n) is 11.1. The van der Waals surface area contributed by atoms with E-state index < -0.39 is 5.97 Å². The third kappa shape index (κ3) is 5.49. The van der Waals surface area contributed by atoms with Gasteiger partial charge in [0.1, 0.15) is 18.2 Å². The number of ether oxygens (including phenoxy) is 3. The number of carboxylic acids is 1. The molecule has 1 saturated heterocycles. The van der Waals surface area contributed by atoms with E-state index in [0.29, 0.717) is 19.8 Å². The average molecular weight is 459 g/mol. The molecule has 4 rings (SSSR count). The molecule has 5 nitrogen and oxygen atoms in total. The summed E-state index contributed by atoms with van der Waals surface area (Å²) < 4.78 is 44.0. The van der Waals surface area contributed by atoms with E-state index in [2.05, 4.69) is 0 Å². The summed E-state index contributed by atoms with van der Waals surface area (Å²) >= 11 is 0. The molecule has 0 spiro atoms. The Morgan fingerprint density at radius 3 is 2.45 bits per heavy atom. The number of benzene rings is 2. The van der Waals surface area contributed by atoms with Crippen molar-refractivity contribution in [3.05, 3.63) is 83.4 Å². The SMILES string of the molecule is O=C(O)COC/C=C\CC1C(COCc2ccc(F)cc2)C2CC1(c1ccc(F)cc1)CO2. The largest absolute Gasteiger partial charge is 0.480 e. The zero-order valence-corrected chi connectivity index (χ0v) is 18.3. The van der Waals surface area contributed by atoms with Crippen LogP contribution in [0.5, 0.6) is 0 Å². The molecule has 176 valence electrons. The Morgan fingerprint density at radius 1 is 1.06 bits per heavy atom. The number of allylic oxidation sites excluding steroid dienone is 1. The van der Waals surface area contributed by atoms with Gasteiger partial charge in [0.05, 0.1) is 32.5 Å². The van der Waals surface area contributed by atoms with E-state index in [-0.39, 0.29) is 48.2 Å². The van der Waals surface area contributed by atoms with Crippen molar-refractivity contribution in [1.82, 2.24) is 0 Å². The predicted octanol–water partition coefficient (Wildman–Crippen LogP) is 4.50. The van der Waals surface area contributed by atoms with Crippen molar-refractivity contribution >= 4 is 5.97 Å². The van der Waals surface area contributed by atoms with Crippen molar-refractivity contribution in [2.75, 3.05) is 26.4 Å². The molecule has 2 bridgehead atoms. The van der Waals surface area contributed by atoms with Crippen molar-refractivity contribution in [2.45, 2.75) is 31.0 Å². The summed E-state index contributed by atoms with van der Waals surface area (Å²) in [6.07, 6.45) is 5.50. The van der Waals surface area contributed by atoms with Crippen LogP contribution in [0, 0.1) is 23.5 Å². The van der Waals surface area contributed by atoms with Gasteiger partial charge in [0, 0.05) is 11.3 Å². The Balaban J connectivity index is 1.45. The third-order valence-electron chi connectivity index (χ3n) is 6.73. The quantitative estimate of drug-likeness (QED) is 0.397. The molecule has 2 aliphatic rings. The van der Waals surface area contributed by atoms with Gasteiger partial charge in [-0.2, -0.15) is 0 Å². The van der Waals surface area contributed by atoms with Gasteiger partial charge in [-0.1, -0.05) is 36.4 Å². The number of hydrogen-bond donors (Lipinski definition) is 1. The fourth-order valence-electron chi connectivity index (χ4n) is 5.17. The number of fused-ring (bicyclic) bond motifs is 2. The lowest BCUT2D eigenvalue weighted by atomic mass is 9.69. The van der Waals surface area contributed by atoms with Gasteiger partial charge in [-0.3, -0.25) is 0 Å². The summed E-state index contributed by atoms with van der Waals surface area (Å²) in [5.74, 6) is -1.18. The van der Waals surface area contributed by atoms with Crippen molar-refractivity contribution in [3.63, 3.8) is 0 Å². The molecule has 2 fully saturated rings. The van der Waals surface area contributed by atoms with Crippen molar-refractivity contribution in [3.8, 4) is 0 Å².